The van der Waals surface area contributed by atoms with Gasteiger partial charge in [0.2, 0.25) is 5.91 Å². The maximum absolute atomic E-state index is 12.2. The highest BCUT2D eigenvalue weighted by Crippen LogP contribution is 2.22. The van der Waals surface area contributed by atoms with Gasteiger partial charge in [0.1, 0.15) is 0 Å². The Bertz CT molecular complexity index is 708. The summed E-state index contributed by atoms with van der Waals surface area (Å²) >= 11 is 0. The summed E-state index contributed by atoms with van der Waals surface area (Å²) in [6.45, 7) is 11.4. The van der Waals surface area contributed by atoms with Gasteiger partial charge in [-0.2, -0.15) is 0 Å². The first-order valence-corrected chi connectivity index (χ1v) is 8.95. The van der Waals surface area contributed by atoms with Gasteiger partial charge in [0.05, 0.1) is 6.54 Å². The summed E-state index contributed by atoms with van der Waals surface area (Å²) in [7, 11) is 0. The second-order valence-electron chi connectivity index (χ2n) is 6.25. The third kappa shape index (κ3) is 5.33. The SMILES string of the molecule is CCN(CC)c1ccc(NC(=O)CNCc2ccccc2C)c(C)c1. The minimum atomic E-state index is -0.0210. The molecule has 2 aromatic carbocycles. The lowest BCUT2D eigenvalue weighted by molar-refractivity contribution is -0.115. The van der Waals surface area contributed by atoms with Crippen molar-refractivity contribution in [3.63, 3.8) is 0 Å². The van der Waals surface area contributed by atoms with E-state index in [0.29, 0.717) is 13.1 Å². The second kappa shape index (κ2) is 9.23. The molecular weight excluding hydrogens is 310 g/mol. The van der Waals surface area contributed by atoms with E-state index >= 15 is 0 Å². The molecule has 0 saturated heterocycles. The summed E-state index contributed by atoms with van der Waals surface area (Å²) in [5, 5.41) is 6.20. The van der Waals surface area contributed by atoms with Crippen molar-refractivity contribution in [2.75, 3.05) is 29.9 Å². The molecule has 0 aromatic heterocycles. The van der Waals surface area contributed by atoms with Crippen LogP contribution in [0.5, 0.6) is 0 Å². The Balaban J connectivity index is 1.89. The van der Waals surface area contributed by atoms with Crippen LogP contribution in [0.2, 0.25) is 0 Å². The van der Waals surface area contributed by atoms with Crippen molar-refractivity contribution in [3.05, 3.63) is 59.2 Å². The third-order valence-corrected chi connectivity index (χ3v) is 4.47. The van der Waals surface area contributed by atoms with Crippen LogP contribution in [0.1, 0.15) is 30.5 Å². The summed E-state index contributed by atoms with van der Waals surface area (Å²) < 4.78 is 0. The van der Waals surface area contributed by atoms with Gasteiger partial charge in [0.15, 0.2) is 0 Å². The van der Waals surface area contributed by atoms with Crippen LogP contribution in [0, 0.1) is 13.8 Å². The Labute approximate surface area is 151 Å². The topological polar surface area (TPSA) is 44.4 Å². The van der Waals surface area contributed by atoms with Crippen molar-refractivity contribution in [1.29, 1.82) is 0 Å². The van der Waals surface area contributed by atoms with Crippen LogP contribution in [0.4, 0.5) is 11.4 Å². The molecular formula is C21H29N3O. The van der Waals surface area contributed by atoms with Crippen molar-refractivity contribution >= 4 is 17.3 Å². The molecule has 0 heterocycles. The average molecular weight is 339 g/mol. The highest BCUT2D eigenvalue weighted by Gasteiger charge is 2.08. The first-order chi connectivity index (χ1) is 12.0. The maximum atomic E-state index is 12.2. The van der Waals surface area contributed by atoms with E-state index in [1.165, 1.54) is 16.8 Å². The van der Waals surface area contributed by atoms with E-state index in [2.05, 4.69) is 60.6 Å². The number of anilines is 2. The molecule has 0 saturated carbocycles. The Kier molecular flexibility index (Phi) is 7.02. The lowest BCUT2D eigenvalue weighted by atomic mass is 10.1. The summed E-state index contributed by atoms with van der Waals surface area (Å²) in [5.41, 5.74) is 5.60. The minimum Gasteiger partial charge on any atom is -0.372 e. The maximum Gasteiger partial charge on any atom is 0.238 e. The zero-order valence-corrected chi connectivity index (χ0v) is 15.7. The molecule has 0 unspecified atom stereocenters. The summed E-state index contributed by atoms with van der Waals surface area (Å²) in [4.78, 5) is 14.5. The summed E-state index contributed by atoms with van der Waals surface area (Å²) in [6.07, 6.45) is 0. The van der Waals surface area contributed by atoms with Gasteiger partial charge < -0.3 is 15.5 Å². The first-order valence-electron chi connectivity index (χ1n) is 8.95. The molecule has 0 radical (unpaired) electrons. The van der Waals surface area contributed by atoms with E-state index in [4.69, 9.17) is 0 Å². The number of hydrogen-bond donors (Lipinski definition) is 2. The van der Waals surface area contributed by atoms with Crippen LogP contribution >= 0.6 is 0 Å². The molecule has 0 aliphatic rings. The largest absolute Gasteiger partial charge is 0.372 e. The van der Waals surface area contributed by atoms with Crippen LogP contribution in [0.15, 0.2) is 42.5 Å². The fraction of sp³-hybridized carbons (Fsp3) is 0.381. The number of carbonyl (C=O) groups excluding carboxylic acids is 1. The van der Waals surface area contributed by atoms with Crippen molar-refractivity contribution < 1.29 is 4.79 Å². The zero-order valence-electron chi connectivity index (χ0n) is 15.7. The van der Waals surface area contributed by atoms with Crippen molar-refractivity contribution in [1.82, 2.24) is 5.32 Å². The average Bonchev–Trinajstić information content (AvgIpc) is 2.60. The van der Waals surface area contributed by atoms with Crippen LogP contribution in [-0.4, -0.2) is 25.5 Å². The number of nitrogens with one attached hydrogen (secondary N) is 2. The number of hydrogen-bond acceptors (Lipinski definition) is 3. The van der Waals surface area contributed by atoms with Gasteiger partial charge in [-0.3, -0.25) is 4.79 Å². The van der Waals surface area contributed by atoms with Gasteiger partial charge in [-0.15, -0.1) is 0 Å². The highest BCUT2D eigenvalue weighted by atomic mass is 16.1. The molecule has 2 N–H and O–H groups in total. The van der Waals surface area contributed by atoms with E-state index in [9.17, 15) is 4.79 Å². The fourth-order valence-electron chi connectivity index (χ4n) is 2.89. The standard InChI is InChI=1S/C21H29N3O/c1-5-24(6-2)19-11-12-20(17(4)13-19)23-21(25)15-22-14-18-10-8-7-9-16(18)3/h7-13,22H,5-6,14-15H2,1-4H3,(H,23,25). The van der Waals surface area contributed by atoms with E-state index in [1.807, 2.05) is 25.1 Å². The number of benzene rings is 2. The number of nitrogens with zero attached hydrogens (tertiary/aromatic N) is 1. The van der Waals surface area contributed by atoms with E-state index < -0.39 is 0 Å². The molecule has 4 heteroatoms. The normalized spacial score (nSPS) is 10.6. The highest BCUT2D eigenvalue weighted by molar-refractivity contribution is 5.93. The molecule has 4 nitrogen and oxygen atoms in total. The van der Waals surface area contributed by atoms with Crippen LogP contribution in [-0.2, 0) is 11.3 Å². The molecule has 2 aromatic rings. The van der Waals surface area contributed by atoms with Gasteiger partial charge in [-0.1, -0.05) is 24.3 Å². The van der Waals surface area contributed by atoms with E-state index in [1.54, 1.807) is 0 Å². The Morgan fingerprint density at radius 3 is 2.36 bits per heavy atom. The van der Waals surface area contributed by atoms with E-state index in [0.717, 1.165) is 24.3 Å². The van der Waals surface area contributed by atoms with Gasteiger partial charge in [0.25, 0.3) is 0 Å². The fourth-order valence-corrected chi connectivity index (χ4v) is 2.89. The Morgan fingerprint density at radius 2 is 1.72 bits per heavy atom. The van der Waals surface area contributed by atoms with Gasteiger partial charge in [-0.25, -0.2) is 0 Å². The molecule has 0 aliphatic carbocycles. The van der Waals surface area contributed by atoms with Crippen molar-refractivity contribution in [2.24, 2.45) is 0 Å². The molecule has 134 valence electrons. The number of aryl methyl sites for hydroxylation is 2. The number of carbonyl (C=O) groups is 1. The van der Waals surface area contributed by atoms with Gasteiger partial charge >= 0.3 is 0 Å². The summed E-state index contributed by atoms with van der Waals surface area (Å²) in [6, 6.07) is 14.4. The third-order valence-electron chi connectivity index (χ3n) is 4.47. The molecule has 25 heavy (non-hydrogen) atoms. The van der Waals surface area contributed by atoms with Crippen molar-refractivity contribution in [2.45, 2.75) is 34.2 Å². The predicted molar refractivity (Wildman–Crippen MR) is 106 cm³/mol. The zero-order chi connectivity index (χ0) is 18.2. The van der Waals surface area contributed by atoms with Gasteiger partial charge in [0, 0.05) is 31.0 Å². The minimum absolute atomic E-state index is 0.0210. The number of rotatable bonds is 8. The van der Waals surface area contributed by atoms with Crippen LogP contribution < -0.4 is 15.5 Å². The quantitative estimate of drug-likeness (QED) is 0.767. The van der Waals surface area contributed by atoms with Crippen molar-refractivity contribution in [3.8, 4) is 0 Å². The van der Waals surface area contributed by atoms with Crippen LogP contribution in [0.3, 0.4) is 0 Å². The van der Waals surface area contributed by atoms with E-state index in [-0.39, 0.29) is 5.91 Å². The summed E-state index contributed by atoms with van der Waals surface area (Å²) in [5.74, 6) is -0.0210. The Hall–Kier alpha value is -2.33. The van der Waals surface area contributed by atoms with Crippen LogP contribution in [0.25, 0.3) is 0 Å². The molecule has 0 aliphatic heterocycles. The Morgan fingerprint density at radius 1 is 1.00 bits per heavy atom. The molecule has 0 bridgehead atoms. The lowest BCUT2D eigenvalue weighted by Gasteiger charge is -2.22. The molecule has 2 rings (SSSR count). The second-order valence-corrected chi connectivity index (χ2v) is 6.25. The first kappa shape index (κ1) is 19.0. The predicted octanol–water partition coefficient (Wildman–Crippen LogP) is 3.88. The molecule has 0 atom stereocenters. The number of amides is 1. The monoisotopic (exact) mass is 339 g/mol. The molecule has 0 fully saturated rings. The smallest absolute Gasteiger partial charge is 0.238 e. The molecule has 0 spiro atoms. The van der Waals surface area contributed by atoms with Gasteiger partial charge in [-0.05, 0) is 62.6 Å². The molecule has 1 amide bonds. The lowest BCUT2D eigenvalue weighted by Crippen LogP contribution is -2.28.